The smallest absolute Gasteiger partial charge is 0.258 e. The van der Waals surface area contributed by atoms with E-state index in [2.05, 4.69) is 5.32 Å². The fraction of sp³-hybridized carbons (Fsp3) is 0.429. The molecule has 0 heterocycles. The third-order valence-electron chi connectivity index (χ3n) is 2.68. The molecule has 1 aromatic carbocycles. The minimum atomic E-state index is -0.133. The third kappa shape index (κ3) is 4.46. The quantitative estimate of drug-likeness (QED) is 0.837. The first kappa shape index (κ1) is 14.0. The van der Waals surface area contributed by atoms with Crippen molar-refractivity contribution in [1.82, 2.24) is 5.32 Å². The predicted molar refractivity (Wildman–Crippen MR) is 69.2 cm³/mol. The Hall–Kier alpha value is -2.02. The average Bonchev–Trinajstić information content (AvgIpc) is 2.42. The highest BCUT2D eigenvalue weighted by Crippen LogP contribution is 2.12. The minimum Gasteiger partial charge on any atom is -0.484 e. The molecule has 4 heteroatoms. The summed E-state index contributed by atoms with van der Waals surface area (Å²) in [6.45, 7) is 4.04. The number of benzene rings is 1. The van der Waals surface area contributed by atoms with Crippen molar-refractivity contribution in [2.75, 3.05) is 6.61 Å². The van der Waals surface area contributed by atoms with Crippen LogP contribution in [0.4, 0.5) is 0 Å². The van der Waals surface area contributed by atoms with Crippen LogP contribution in [0.2, 0.25) is 0 Å². The second kappa shape index (κ2) is 7.33. The summed E-state index contributed by atoms with van der Waals surface area (Å²) in [5.41, 5.74) is 0.521. The number of hydrogen-bond acceptors (Lipinski definition) is 3. The summed E-state index contributed by atoms with van der Waals surface area (Å²) in [6, 6.07) is 8.99. The maximum absolute atomic E-state index is 11.6. The van der Waals surface area contributed by atoms with E-state index >= 15 is 0 Å². The van der Waals surface area contributed by atoms with E-state index in [0.717, 1.165) is 12.8 Å². The summed E-state index contributed by atoms with van der Waals surface area (Å²) >= 11 is 0. The van der Waals surface area contributed by atoms with E-state index in [1.807, 2.05) is 19.9 Å². The number of amides is 1. The van der Waals surface area contributed by atoms with Crippen LogP contribution >= 0.6 is 0 Å². The van der Waals surface area contributed by atoms with Crippen molar-refractivity contribution in [3.63, 3.8) is 0 Å². The number of ether oxygens (including phenoxy) is 1. The van der Waals surface area contributed by atoms with Crippen LogP contribution < -0.4 is 10.1 Å². The molecule has 1 amide bonds. The van der Waals surface area contributed by atoms with Gasteiger partial charge in [0.15, 0.2) is 6.61 Å². The van der Waals surface area contributed by atoms with E-state index in [-0.39, 0.29) is 18.6 Å². The van der Waals surface area contributed by atoms with Gasteiger partial charge in [-0.25, -0.2) is 0 Å². The lowest BCUT2D eigenvalue weighted by molar-refractivity contribution is -0.123. The molecule has 4 nitrogen and oxygen atoms in total. The Morgan fingerprint density at radius 3 is 2.78 bits per heavy atom. The first-order chi connectivity index (χ1) is 8.69. The van der Waals surface area contributed by atoms with Gasteiger partial charge in [-0.3, -0.25) is 4.79 Å². The highest BCUT2D eigenvalue weighted by atomic mass is 16.5. The number of rotatable bonds is 6. The van der Waals surface area contributed by atoms with Gasteiger partial charge in [0.1, 0.15) is 5.75 Å². The van der Waals surface area contributed by atoms with E-state index in [4.69, 9.17) is 10.00 Å². The lowest BCUT2D eigenvalue weighted by Gasteiger charge is -2.14. The van der Waals surface area contributed by atoms with Crippen molar-refractivity contribution in [1.29, 1.82) is 5.26 Å². The molecule has 1 rings (SSSR count). The van der Waals surface area contributed by atoms with Crippen molar-refractivity contribution in [3.05, 3.63) is 29.8 Å². The van der Waals surface area contributed by atoms with Gasteiger partial charge in [0.05, 0.1) is 11.6 Å². The summed E-state index contributed by atoms with van der Waals surface area (Å²) in [4.78, 5) is 11.6. The van der Waals surface area contributed by atoms with Crippen LogP contribution in [-0.4, -0.2) is 18.6 Å². The highest BCUT2D eigenvalue weighted by molar-refractivity contribution is 5.77. The van der Waals surface area contributed by atoms with E-state index in [0.29, 0.717) is 11.3 Å². The Balaban J connectivity index is 2.45. The van der Waals surface area contributed by atoms with Gasteiger partial charge in [0.2, 0.25) is 0 Å². The SMILES string of the molecule is CCC(CC)NC(=O)COc1cccc(C#N)c1. The molecule has 0 bridgehead atoms. The van der Waals surface area contributed by atoms with Crippen molar-refractivity contribution in [2.45, 2.75) is 32.7 Å². The number of nitrogens with zero attached hydrogens (tertiary/aromatic N) is 1. The lowest BCUT2D eigenvalue weighted by atomic mass is 10.2. The maximum atomic E-state index is 11.6. The van der Waals surface area contributed by atoms with Crippen LogP contribution in [0, 0.1) is 11.3 Å². The average molecular weight is 246 g/mol. The van der Waals surface area contributed by atoms with Gasteiger partial charge in [0.25, 0.3) is 5.91 Å². The third-order valence-corrected chi connectivity index (χ3v) is 2.68. The van der Waals surface area contributed by atoms with Crippen LogP contribution in [0.3, 0.4) is 0 Å². The number of hydrogen-bond donors (Lipinski definition) is 1. The molecule has 0 saturated heterocycles. The number of carbonyl (C=O) groups is 1. The monoisotopic (exact) mass is 246 g/mol. The van der Waals surface area contributed by atoms with Crippen molar-refractivity contribution < 1.29 is 9.53 Å². The first-order valence-electron chi connectivity index (χ1n) is 6.11. The predicted octanol–water partition coefficient (Wildman–Crippen LogP) is 2.24. The van der Waals surface area contributed by atoms with Crippen LogP contribution in [0.25, 0.3) is 0 Å². The zero-order valence-corrected chi connectivity index (χ0v) is 10.8. The summed E-state index contributed by atoms with van der Waals surface area (Å²) in [5, 5.41) is 11.6. The zero-order chi connectivity index (χ0) is 13.4. The Morgan fingerprint density at radius 2 is 2.17 bits per heavy atom. The Labute approximate surface area is 108 Å². The highest BCUT2D eigenvalue weighted by Gasteiger charge is 2.08. The van der Waals surface area contributed by atoms with Crippen LogP contribution in [0.5, 0.6) is 5.75 Å². The first-order valence-corrected chi connectivity index (χ1v) is 6.11. The molecule has 0 aliphatic heterocycles. The van der Waals surface area contributed by atoms with E-state index < -0.39 is 0 Å². The molecule has 0 aliphatic carbocycles. The van der Waals surface area contributed by atoms with Gasteiger partial charge in [0, 0.05) is 6.04 Å². The van der Waals surface area contributed by atoms with E-state index in [1.165, 1.54) is 0 Å². The molecule has 96 valence electrons. The molecule has 0 spiro atoms. The van der Waals surface area contributed by atoms with Gasteiger partial charge < -0.3 is 10.1 Å². The largest absolute Gasteiger partial charge is 0.484 e. The molecule has 0 unspecified atom stereocenters. The zero-order valence-electron chi connectivity index (χ0n) is 10.8. The molecule has 0 saturated carbocycles. The summed E-state index contributed by atoms with van der Waals surface area (Å²) in [7, 11) is 0. The second-order valence-corrected chi connectivity index (χ2v) is 4.01. The molecule has 0 radical (unpaired) electrons. The van der Waals surface area contributed by atoms with Gasteiger partial charge in [-0.15, -0.1) is 0 Å². The molecule has 0 aromatic heterocycles. The second-order valence-electron chi connectivity index (χ2n) is 4.01. The van der Waals surface area contributed by atoms with Gasteiger partial charge >= 0.3 is 0 Å². The lowest BCUT2D eigenvalue weighted by Crippen LogP contribution is -2.37. The minimum absolute atomic E-state index is 0.0224. The van der Waals surface area contributed by atoms with Crippen LogP contribution in [0.1, 0.15) is 32.3 Å². The van der Waals surface area contributed by atoms with E-state index in [1.54, 1.807) is 24.3 Å². The van der Waals surface area contributed by atoms with Crippen LogP contribution in [-0.2, 0) is 4.79 Å². The number of nitriles is 1. The Morgan fingerprint density at radius 1 is 1.44 bits per heavy atom. The standard InChI is InChI=1S/C14H18N2O2/c1-3-12(4-2)16-14(17)10-18-13-7-5-6-11(8-13)9-15/h5-8,12H,3-4,10H2,1-2H3,(H,16,17). The molecular formula is C14H18N2O2. The summed E-state index contributed by atoms with van der Waals surface area (Å²) < 4.78 is 5.34. The Bertz CT molecular complexity index is 434. The van der Waals surface area contributed by atoms with Gasteiger partial charge in [-0.2, -0.15) is 5.26 Å². The molecular weight excluding hydrogens is 228 g/mol. The Kier molecular flexibility index (Phi) is 5.72. The molecule has 0 aliphatic rings. The van der Waals surface area contributed by atoms with Crippen molar-refractivity contribution in [3.8, 4) is 11.8 Å². The molecule has 0 atom stereocenters. The number of carbonyl (C=O) groups excluding carboxylic acids is 1. The van der Waals surface area contributed by atoms with Crippen LogP contribution in [0.15, 0.2) is 24.3 Å². The topological polar surface area (TPSA) is 62.1 Å². The molecule has 1 N–H and O–H groups in total. The maximum Gasteiger partial charge on any atom is 0.258 e. The van der Waals surface area contributed by atoms with Crippen molar-refractivity contribution >= 4 is 5.91 Å². The fourth-order valence-electron chi connectivity index (χ4n) is 1.57. The molecule has 0 fully saturated rings. The van der Waals surface area contributed by atoms with Gasteiger partial charge in [-0.05, 0) is 31.0 Å². The van der Waals surface area contributed by atoms with E-state index in [9.17, 15) is 4.79 Å². The molecule has 18 heavy (non-hydrogen) atoms. The van der Waals surface area contributed by atoms with Gasteiger partial charge in [-0.1, -0.05) is 19.9 Å². The summed E-state index contributed by atoms with van der Waals surface area (Å²) in [6.07, 6.45) is 1.82. The number of nitrogens with one attached hydrogen (secondary N) is 1. The normalized spacial score (nSPS) is 9.89. The van der Waals surface area contributed by atoms with Crippen molar-refractivity contribution in [2.24, 2.45) is 0 Å². The summed E-state index contributed by atoms with van der Waals surface area (Å²) in [5.74, 6) is 0.403. The fourth-order valence-corrected chi connectivity index (χ4v) is 1.57. The molecule has 1 aromatic rings.